The summed E-state index contributed by atoms with van der Waals surface area (Å²) in [5.74, 6) is 0.324. The number of nitrogens with zero attached hydrogens (tertiary/aromatic N) is 1. The fourth-order valence-electron chi connectivity index (χ4n) is 3.26. The van der Waals surface area contributed by atoms with Crippen LogP contribution in [0.15, 0.2) is 22.7 Å². The van der Waals surface area contributed by atoms with Crippen molar-refractivity contribution in [3.8, 4) is 0 Å². The van der Waals surface area contributed by atoms with Gasteiger partial charge in [-0.2, -0.15) is 0 Å². The van der Waals surface area contributed by atoms with Crippen LogP contribution in [0.1, 0.15) is 36.4 Å². The van der Waals surface area contributed by atoms with Crippen LogP contribution in [0.2, 0.25) is 0 Å². The Balaban J connectivity index is 1.48. The molecule has 2 aliphatic rings. The Morgan fingerprint density at radius 2 is 2.24 bits per heavy atom. The molecule has 21 heavy (non-hydrogen) atoms. The van der Waals surface area contributed by atoms with E-state index in [4.69, 9.17) is 0 Å². The lowest BCUT2D eigenvalue weighted by Gasteiger charge is -2.17. The molecule has 1 atom stereocenters. The lowest BCUT2D eigenvalue weighted by atomic mass is 10.1. The SMILES string of the molecule is O=S1(=O)CCCN1CCCNC1CCc2ccc(Br)cc21. The first kappa shape index (κ1) is 15.5. The molecule has 1 N–H and O–H groups in total. The van der Waals surface area contributed by atoms with Gasteiger partial charge < -0.3 is 5.32 Å². The predicted octanol–water partition coefficient (Wildman–Crippen LogP) is 2.45. The largest absolute Gasteiger partial charge is 0.310 e. The van der Waals surface area contributed by atoms with Crippen molar-refractivity contribution in [2.45, 2.75) is 31.7 Å². The minimum atomic E-state index is -2.94. The van der Waals surface area contributed by atoms with Gasteiger partial charge in [0, 0.05) is 23.6 Å². The molecule has 1 fully saturated rings. The van der Waals surface area contributed by atoms with Gasteiger partial charge in [-0.05, 0) is 55.5 Å². The van der Waals surface area contributed by atoms with E-state index < -0.39 is 10.0 Å². The van der Waals surface area contributed by atoms with E-state index >= 15 is 0 Å². The van der Waals surface area contributed by atoms with E-state index in [2.05, 4.69) is 39.4 Å². The molecule has 1 heterocycles. The summed E-state index contributed by atoms with van der Waals surface area (Å²) in [7, 11) is -2.94. The van der Waals surface area contributed by atoms with Gasteiger partial charge in [0.1, 0.15) is 0 Å². The number of rotatable bonds is 5. The van der Waals surface area contributed by atoms with Crippen molar-refractivity contribution < 1.29 is 8.42 Å². The summed E-state index contributed by atoms with van der Waals surface area (Å²) in [6, 6.07) is 6.90. The number of hydrogen-bond acceptors (Lipinski definition) is 3. The number of sulfonamides is 1. The Hall–Kier alpha value is -0.430. The molecule has 3 rings (SSSR count). The van der Waals surface area contributed by atoms with Gasteiger partial charge in [0.05, 0.1) is 5.75 Å². The second kappa shape index (κ2) is 6.36. The maximum atomic E-state index is 11.7. The van der Waals surface area contributed by atoms with Crippen molar-refractivity contribution in [1.82, 2.24) is 9.62 Å². The molecule has 0 spiro atoms. The van der Waals surface area contributed by atoms with Crippen LogP contribution in [-0.4, -0.2) is 38.1 Å². The lowest BCUT2D eigenvalue weighted by molar-refractivity contribution is 0.418. The van der Waals surface area contributed by atoms with Crippen LogP contribution in [0, 0.1) is 0 Å². The minimum Gasteiger partial charge on any atom is -0.310 e. The van der Waals surface area contributed by atoms with Crippen molar-refractivity contribution in [3.63, 3.8) is 0 Å². The molecule has 0 amide bonds. The standard InChI is InChI=1S/C15H21BrN2O2S/c16-13-5-3-12-4-6-15(14(12)11-13)17-7-1-8-18-9-2-10-21(18,19)20/h3,5,11,15,17H,1-2,4,6-10H2. The van der Waals surface area contributed by atoms with Crippen molar-refractivity contribution in [2.24, 2.45) is 0 Å². The van der Waals surface area contributed by atoms with E-state index in [-0.39, 0.29) is 0 Å². The average Bonchev–Trinajstić information content (AvgIpc) is 2.98. The zero-order valence-electron chi connectivity index (χ0n) is 12.0. The van der Waals surface area contributed by atoms with Crippen LogP contribution in [0.5, 0.6) is 0 Å². The molecule has 116 valence electrons. The number of halogens is 1. The number of benzene rings is 1. The summed E-state index contributed by atoms with van der Waals surface area (Å²) in [6.45, 7) is 2.21. The first-order valence-electron chi connectivity index (χ1n) is 7.56. The van der Waals surface area contributed by atoms with Gasteiger partial charge in [-0.15, -0.1) is 0 Å². The van der Waals surface area contributed by atoms with Gasteiger partial charge in [-0.25, -0.2) is 12.7 Å². The van der Waals surface area contributed by atoms with Crippen LogP contribution in [0.25, 0.3) is 0 Å². The summed E-state index contributed by atoms with van der Waals surface area (Å²) in [5, 5.41) is 3.57. The van der Waals surface area contributed by atoms with Crippen molar-refractivity contribution >= 4 is 26.0 Å². The molecule has 1 aliphatic carbocycles. The van der Waals surface area contributed by atoms with Gasteiger partial charge in [0.25, 0.3) is 0 Å². The van der Waals surface area contributed by atoms with Crippen molar-refractivity contribution in [2.75, 3.05) is 25.4 Å². The highest BCUT2D eigenvalue weighted by Crippen LogP contribution is 2.33. The zero-order chi connectivity index (χ0) is 14.9. The molecule has 1 saturated heterocycles. The summed E-state index contributed by atoms with van der Waals surface area (Å²) in [5.41, 5.74) is 2.82. The maximum absolute atomic E-state index is 11.7. The molecule has 1 aliphatic heterocycles. The maximum Gasteiger partial charge on any atom is 0.214 e. The smallest absolute Gasteiger partial charge is 0.214 e. The monoisotopic (exact) mass is 372 g/mol. The quantitative estimate of drug-likeness (QED) is 0.807. The van der Waals surface area contributed by atoms with E-state index in [9.17, 15) is 8.42 Å². The molecule has 1 aromatic carbocycles. The fourth-order valence-corrected chi connectivity index (χ4v) is 5.20. The molecule has 0 bridgehead atoms. The van der Waals surface area contributed by atoms with Crippen LogP contribution in [0.4, 0.5) is 0 Å². The Labute approximate surface area is 135 Å². The van der Waals surface area contributed by atoms with Gasteiger partial charge in [-0.3, -0.25) is 0 Å². The third kappa shape index (κ3) is 3.50. The second-order valence-electron chi connectivity index (χ2n) is 5.81. The van der Waals surface area contributed by atoms with Crippen molar-refractivity contribution in [3.05, 3.63) is 33.8 Å². The highest BCUT2D eigenvalue weighted by atomic mass is 79.9. The molecule has 6 heteroatoms. The number of fused-ring (bicyclic) bond motifs is 1. The molecule has 0 aromatic heterocycles. The van der Waals surface area contributed by atoms with E-state index in [0.717, 1.165) is 36.7 Å². The zero-order valence-corrected chi connectivity index (χ0v) is 14.4. The second-order valence-corrected chi connectivity index (χ2v) is 8.81. The third-order valence-corrected chi connectivity index (χ3v) is 6.81. The summed E-state index contributed by atoms with van der Waals surface area (Å²) < 4.78 is 26.2. The first-order valence-corrected chi connectivity index (χ1v) is 9.96. The predicted molar refractivity (Wildman–Crippen MR) is 87.8 cm³/mol. The Morgan fingerprint density at radius 3 is 3.00 bits per heavy atom. The Kier molecular flexibility index (Phi) is 4.69. The summed E-state index contributed by atoms with van der Waals surface area (Å²) in [6.07, 6.45) is 3.91. The van der Waals surface area contributed by atoms with Crippen LogP contribution < -0.4 is 5.32 Å². The molecule has 0 radical (unpaired) electrons. The molecule has 1 unspecified atom stereocenters. The number of hydrogen-bond donors (Lipinski definition) is 1. The van der Waals surface area contributed by atoms with E-state index in [1.165, 1.54) is 11.1 Å². The molecule has 4 nitrogen and oxygen atoms in total. The Morgan fingerprint density at radius 1 is 1.38 bits per heavy atom. The number of aryl methyl sites for hydroxylation is 1. The summed E-state index contributed by atoms with van der Waals surface area (Å²) >= 11 is 3.53. The van der Waals surface area contributed by atoms with Gasteiger partial charge in [0.2, 0.25) is 10.0 Å². The van der Waals surface area contributed by atoms with Crippen molar-refractivity contribution in [1.29, 1.82) is 0 Å². The fraction of sp³-hybridized carbons (Fsp3) is 0.600. The average molecular weight is 373 g/mol. The minimum absolute atomic E-state index is 0.324. The van der Waals surface area contributed by atoms with Crippen LogP contribution in [0.3, 0.4) is 0 Å². The van der Waals surface area contributed by atoms with Gasteiger partial charge in [0.15, 0.2) is 0 Å². The molecule has 1 aromatic rings. The molecule has 0 saturated carbocycles. The van der Waals surface area contributed by atoms with Crippen LogP contribution in [-0.2, 0) is 16.4 Å². The highest BCUT2D eigenvalue weighted by Gasteiger charge is 2.27. The first-order chi connectivity index (χ1) is 10.1. The highest BCUT2D eigenvalue weighted by molar-refractivity contribution is 9.10. The Bertz CT molecular complexity index is 618. The third-order valence-electron chi connectivity index (χ3n) is 4.36. The van der Waals surface area contributed by atoms with E-state index in [1.807, 2.05) is 0 Å². The summed E-state index contributed by atoms with van der Waals surface area (Å²) in [4.78, 5) is 0. The van der Waals surface area contributed by atoms with Crippen LogP contribution >= 0.6 is 15.9 Å². The lowest BCUT2D eigenvalue weighted by Crippen LogP contribution is -2.30. The topological polar surface area (TPSA) is 49.4 Å². The van der Waals surface area contributed by atoms with Gasteiger partial charge >= 0.3 is 0 Å². The molecular formula is C15H21BrN2O2S. The number of nitrogens with one attached hydrogen (secondary N) is 1. The van der Waals surface area contributed by atoms with Gasteiger partial charge in [-0.1, -0.05) is 22.0 Å². The van der Waals surface area contributed by atoms with E-state index in [0.29, 0.717) is 24.9 Å². The van der Waals surface area contributed by atoms with E-state index in [1.54, 1.807) is 4.31 Å². The normalized spacial score (nSPS) is 24.3. The molecular weight excluding hydrogens is 352 g/mol.